The summed E-state index contributed by atoms with van der Waals surface area (Å²) in [5.74, 6) is -2.63. The summed E-state index contributed by atoms with van der Waals surface area (Å²) in [5.41, 5.74) is -0.0341. The van der Waals surface area contributed by atoms with Gasteiger partial charge in [-0.05, 0) is 18.2 Å². The highest BCUT2D eigenvalue weighted by Crippen LogP contribution is 2.32. The molecule has 2 rings (SSSR count). The molecule has 0 atom stereocenters. The smallest absolute Gasteiger partial charge is 0.170 e. The number of aliphatic imine (C=N–C) groups is 1. The number of aromatic carboxylic acids is 2. The van der Waals surface area contributed by atoms with Gasteiger partial charge in [-0.25, -0.2) is 0 Å². The van der Waals surface area contributed by atoms with Crippen LogP contribution in [0.5, 0.6) is 11.5 Å². The molecule has 0 radical (unpaired) electrons. The topological polar surface area (TPSA) is 111 Å². The van der Waals surface area contributed by atoms with Crippen LogP contribution in [-0.4, -0.2) is 32.4 Å². The third kappa shape index (κ3) is 3.35. The minimum Gasteiger partial charge on any atom is -0.545 e. The monoisotopic (exact) mass is 327 g/mol. The van der Waals surface area contributed by atoms with Gasteiger partial charge in [-0.3, -0.25) is 4.99 Å². The van der Waals surface area contributed by atoms with Crippen molar-refractivity contribution in [3.8, 4) is 11.5 Å². The van der Waals surface area contributed by atoms with Gasteiger partial charge < -0.3 is 29.3 Å². The molecule has 0 unspecified atom stereocenters. The maximum atomic E-state index is 11.4. The van der Waals surface area contributed by atoms with Gasteiger partial charge in [0.25, 0.3) is 0 Å². The highest BCUT2D eigenvalue weighted by atomic mass is 16.5. The number of para-hydroxylation sites is 1. The van der Waals surface area contributed by atoms with Crippen LogP contribution in [0.3, 0.4) is 0 Å². The molecule has 0 spiro atoms. The van der Waals surface area contributed by atoms with Gasteiger partial charge in [0, 0.05) is 17.3 Å². The average molecular weight is 327 g/mol. The lowest BCUT2D eigenvalue weighted by atomic mass is 10.1. The first-order valence-corrected chi connectivity index (χ1v) is 6.80. The van der Waals surface area contributed by atoms with Gasteiger partial charge in [0.15, 0.2) is 11.5 Å². The van der Waals surface area contributed by atoms with E-state index in [-0.39, 0.29) is 33.9 Å². The largest absolute Gasteiger partial charge is 0.545 e. The van der Waals surface area contributed by atoms with Gasteiger partial charge in [0.1, 0.15) is 0 Å². The quantitative estimate of drug-likeness (QED) is 0.700. The van der Waals surface area contributed by atoms with E-state index in [0.717, 1.165) is 0 Å². The Morgan fingerprint density at radius 1 is 1.00 bits per heavy atom. The molecule has 0 aliphatic rings. The Hall–Kier alpha value is -3.35. The van der Waals surface area contributed by atoms with E-state index < -0.39 is 11.9 Å². The van der Waals surface area contributed by atoms with E-state index in [0.29, 0.717) is 0 Å². The summed E-state index contributed by atoms with van der Waals surface area (Å²) in [5, 5.41) is 22.5. The summed E-state index contributed by atoms with van der Waals surface area (Å²) >= 11 is 0. The summed E-state index contributed by atoms with van der Waals surface area (Å²) in [6, 6.07) is 8.92. The number of carbonyl (C=O) groups excluding carboxylic acids is 2. The first-order chi connectivity index (χ1) is 11.5. The molecule has 0 bridgehead atoms. The fourth-order valence-electron chi connectivity index (χ4n) is 2.16. The van der Waals surface area contributed by atoms with E-state index >= 15 is 0 Å². The predicted octanol–water partition coefficient (Wildman–Crippen LogP) is 0.181. The Bertz CT molecular complexity index is 813. The summed E-state index contributed by atoms with van der Waals surface area (Å²) in [6.45, 7) is 0. The number of methoxy groups -OCH3 is 2. The van der Waals surface area contributed by atoms with Crippen LogP contribution in [0.25, 0.3) is 0 Å². The van der Waals surface area contributed by atoms with Crippen LogP contribution >= 0.6 is 0 Å². The lowest BCUT2D eigenvalue weighted by molar-refractivity contribution is -0.256. The maximum Gasteiger partial charge on any atom is 0.170 e. The van der Waals surface area contributed by atoms with Gasteiger partial charge >= 0.3 is 0 Å². The minimum absolute atomic E-state index is 0.00497. The van der Waals surface area contributed by atoms with Crippen LogP contribution in [0, 0.1) is 0 Å². The highest BCUT2D eigenvalue weighted by Gasteiger charge is 2.15. The first-order valence-electron chi connectivity index (χ1n) is 6.80. The molecule has 0 heterocycles. The third-order valence-corrected chi connectivity index (χ3v) is 3.25. The molecule has 0 aliphatic heterocycles. The second-order valence-electron chi connectivity index (χ2n) is 4.62. The molecule has 7 nitrogen and oxygen atoms in total. The van der Waals surface area contributed by atoms with E-state index in [1.807, 2.05) is 0 Å². The molecule has 2 aromatic carbocycles. The van der Waals surface area contributed by atoms with Crippen molar-refractivity contribution in [3.05, 3.63) is 53.1 Å². The number of hydrogen-bond acceptors (Lipinski definition) is 7. The molecule has 0 aromatic heterocycles. The van der Waals surface area contributed by atoms with Crippen molar-refractivity contribution in [3.63, 3.8) is 0 Å². The predicted molar refractivity (Wildman–Crippen MR) is 81.9 cm³/mol. The zero-order valence-electron chi connectivity index (χ0n) is 12.9. The van der Waals surface area contributed by atoms with Crippen molar-refractivity contribution in [1.82, 2.24) is 0 Å². The Kier molecular flexibility index (Phi) is 5.16. The fraction of sp³-hybridized carbons (Fsp3) is 0.118. The lowest BCUT2D eigenvalue weighted by Gasteiger charge is -2.15. The van der Waals surface area contributed by atoms with E-state index in [1.165, 1.54) is 50.8 Å². The standard InChI is InChI=1S/C17H15NO6/c1-23-13-8-7-10(14(17(21)22)15(13)24-2)9-18-12-6-4-3-5-11(12)16(19)20/h3-9H,1-2H3,(H,19,20)(H,21,22)/p-2. The van der Waals surface area contributed by atoms with Crippen molar-refractivity contribution < 1.29 is 29.3 Å². The molecule has 124 valence electrons. The van der Waals surface area contributed by atoms with Crippen molar-refractivity contribution in [1.29, 1.82) is 0 Å². The minimum atomic E-state index is -1.47. The Morgan fingerprint density at radius 3 is 2.29 bits per heavy atom. The number of carboxylic acids is 2. The normalized spacial score (nSPS) is 10.6. The molecule has 7 heteroatoms. The maximum absolute atomic E-state index is 11.4. The second kappa shape index (κ2) is 7.28. The van der Waals surface area contributed by atoms with Crippen LogP contribution in [0.1, 0.15) is 26.3 Å². The molecule has 24 heavy (non-hydrogen) atoms. The first kappa shape index (κ1) is 17.0. The number of nitrogens with zero attached hydrogens (tertiary/aromatic N) is 1. The van der Waals surface area contributed by atoms with E-state index in [4.69, 9.17) is 9.47 Å². The molecule has 0 saturated carbocycles. The SMILES string of the molecule is COc1ccc(C=Nc2ccccc2C(=O)[O-])c(C(=O)[O-])c1OC. The molecule has 0 aliphatic carbocycles. The van der Waals surface area contributed by atoms with Crippen LogP contribution in [-0.2, 0) is 0 Å². The number of carboxylic acid groups (broad SMARTS) is 2. The van der Waals surface area contributed by atoms with E-state index in [9.17, 15) is 19.8 Å². The molecular weight excluding hydrogens is 314 g/mol. The summed E-state index contributed by atoms with van der Waals surface area (Å²) in [7, 11) is 2.68. The summed E-state index contributed by atoms with van der Waals surface area (Å²) in [6.07, 6.45) is 1.22. The Labute approximate surface area is 137 Å². The number of carbonyl (C=O) groups is 2. The Morgan fingerprint density at radius 2 is 1.71 bits per heavy atom. The number of hydrogen-bond donors (Lipinski definition) is 0. The summed E-state index contributed by atoms with van der Waals surface area (Å²) < 4.78 is 10.1. The van der Waals surface area contributed by atoms with Gasteiger partial charge in [-0.2, -0.15) is 0 Å². The van der Waals surface area contributed by atoms with E-state index in [2.05, 4.69) is 4.99 Å². The fourth-order valence-corrected chi connectivity index (χ4v) is 2.16. The van der Waals surface area contributed by atoms with Crippen molar-refractivity contribution >= 4 is 23.8 Å². The molecule has 0 saturated heterocycles. The number of rotatable bonds is 6. The van der Waals surface area contributed by atoms with Gasteiger partial charge in [0.05, 0.1) is 37.4 Å². The van der Waals surface area contributed by atoms with Crippen LogP contribution in [0.2, 0.25) is 0 Å². The molecule has 0 amide bonds. The van der Waals surface area contributed by atoms with Crippen molar-refractivity contribution in [2.75, 3.05) is 14.2 Å². The zero-order valence-corrected chi connectivity index (χ0v) is 12.9. The number of benzene rings is 2. The highest BCUT2D eigenvalue weighted by molar-refractivity contribution is 6.02. The molecule has 2 aromatic rings. The molecular formula is C17H13NO6-2. The zero-order chi connectivity index (χ0) is 17.7. The van der Waals surface area contributed by atoms with Gasteiger partial charge in [-0.1, -0.05) is 18.2 Å². The van der Waals surface area contributed by atoms with Crippen LogP contribution in [0.4, 0.5) is 5.69 Å². The third-order valence-electron chi connectivity index (χ3n) is 3.25. The lowest BCUT2D eigenvalue weighted by Crippen LogP contribution is -2.25. The van der Waals surface area contributed by atoms with Crippen LogP contribution < -0.4 is 19.7 Å². The number of ether oxygens (including phenoxy) is 2. The Balaban J connectivity index is 2.54. The van der Waals surface area contributed by atoms with Crippen LogP contribution in [0.15, 0.2) is 41.4 Å². The molecule has 0 N–H and O–H groups in total. The van der Waals surface area contributed by atoms with E-state index in [1.54, 1.807) is 6.07 Å². The van der Waals surface area contributed by atoms with Crippen molar-refractivity contribution in [2.45, 2.75) is 0 Å². The van der Waals surface area contributed by atoms with Gasteiger partial charge in [-0.15, -0.1) is 0 Å². The van der Waals surface area contributed by atoms with Gasteiger partial charge in [0.2, 0.25) is 0 Å². The van der Waals surface area contributed by atoms with Crippen molar-refractivity contribution in [2.24, 2.45) is 4.99 Å². The summed E-state index contributed by atoms with van der Waals surface area (Å²) in [4.78, 5) is 26.5. The second-order valence-corrected chi connectivity index (χ2v) is 4.62. The average Bonchev–Trinajstić information content (AvgIpc) is 2.58. The molecule has 0 fully saturated rings.